The van der Waals surface area contributed by atoms with Crippen molar-refractivity contribution in [2.24, 2.45) is 5.92 Å². The predicted octanol–water partition coefficient (Wildman–Crippen LogP) is 1.32. The van der Waals surface area contributed by atoms with E-state index in [1.165, 1.54) is 7.11 Å². The summed E-state index contributed by atoms with van der Waals surface area (Å²) >= 11 is 0. The third kappa shape index (κ3) is 6.71. The largest absolute Gasteiger partial charge is 0.453 e. The molecule has 0 spiro atoms. The molecule has 0 fully saturated rings. The van der Waals surface area contributed by atoms with Gasteiger partial charge in [-0.1, -0.05) is 13.8 Å². The van der Waals surface area contributed by atoms with Gasteiger partial charge >= 0.3 is 6.09 Å². The lowest BCUT2D eigenvalue weighted by atomic mass is 10.0. The molecule has 4 heteroatoms. The lowest BCUT2D eigenvalue weighted by Crippen LogP contribution is -2.42. The Bertz CT molecular complexity index is 160. The zero-order valence-electron chi connectivity index (χ0n) is 9.83. The summed E-state index contributed by atoms with van der Waals surface area (Å²) in [5.41, 5.74) is 0. The van der Waals surface area contributed by atoms with Crippen molar-refractivity contribution in [1.29, 1.82) is 0 Å². The summed E-state index contributed by atoms with van der Waals surface area (Å²) in [7, 11) is 5.37. The number of nitrogens with one attached hydrogen (secondary N) is 1. The lowest BCUT2D eigenvalue weighted by molar-refractivity contribution is 0.161. The quantitative estimate of drug-likeness (QED) is 0.731. The number of amides is 1. The average molecular weight is 202 g/mol. The fourth-order valence-corrected chi connectivity index (χ4v) is 1.41. The third-order valence-corrected chi connectivity index (χ3v) is 1.85. The van der Waals surface area contributed by atoms with Crippen LogP contribution in [0.1, 0.15) is 20.3 Å². The Morgan fingerprint density at radius 1 is 1.43 bits per heavy atom. The average Bonchev–Trinajstić information content (AvgIpc) is 2.01. The summed E-state index contributed by atoms with van der Waals surface area (Å²) in [6.07, 6.45) is 0.616. The Kier molecular flexibility index (Phi) is 6.28. The number of ether oxygens (including phenoxy) is 1. The second-order valence-corrected chi connectivity index (χ2v) is 4.22. The minimum Gasteiger partial charge on any atom is -0.453 e. The third-order valence-electron chi connectivity index (χ3n) is 1.85. The number of carbonyl (C=O) groups excluding carboxylic acids is 1. The van der Waals surface area contributed by atoms with Gasteiger partial charge < -0.3 is 15.0 Å². The number of rotatable bonds is 5. The number of methoxy groups -OCH3 is 1. The molecule has 0 aromatic carbocycles. The number of nitrogens with zero attached hydrogens (tertiary/aromatic N) is 1. The van der Waals surface area contributed by atoms with Gasteiger partial charge in [0.15, 0.2) is 0 Å². The molecule has 0 radical (unpaired) electrons. The van der Waals surface area contributed by atoms with Crippen molar-refractivity contribution in [3.63, 3.8) is 0 Å². The Hall–Kier alpha value is -0.770. The standard InChI is InChI=1S/C10H22N2O2/c1-8(2)6-9(7-12(3)4)11-10(13)14-5/h8-9H,6-7H2,1-5H3,(H,11,13). The first kappa shape index (κ1) is 13.2. The van der Waals surface area contributed by atoms with Crippen LogP contribution in [0.15, 0.2) is 0 Å². The van der Waals surface area contributed by atoms with Crippen LogP contribution in [0.3, 0.4) is 0 Å². The second kappa shape index (κ2) is 6.65. The molecule has 0 bridgehead atoms. The van der Waals surface area contributed by atoms with Crippen LogP contribution < -0.4 is 5.32 Å². The Morgan fingerprint density at radius 2 is 2.00 bits per heavy atom. The first-order valence-electron chi connectivity index (χ1n) is 4.95. The van der Waals surface area contributed by atoms with Crippen molar-refractivity contribution < 1.29 is 9.53 Å². The highest BCUT2D eigenvalue weighted by Gasteiger charge is 2.14. The van der Waals surface area contributed by atoms with Gasteiger partial charge in [0.1, 0.15) is 0 Å². The highest BCUT2D eigenvalue weighted by Crippen LogP contribution is 2.05. The van der Waals surface area contributed by atoms with Crippen molar-refractivity contribution in [2.45, 2.75) is 26.3 Å². The van der Waals surface area contributed by atoms with E-state index in [4.69, 9.17) is 0 Å². The Morgan fingerprint density at radius 3 is 2.36 bits per heavy atom. The molecule has 0 aromatic rings. The van der Waals surface area contributed by atoms with Crippen LogP contribution >= 0.6 is 0 Å². The van der Waals surface area contributed by atoms with Crippen molar-refractivity contribution in [1.82, 2.24) is 10.2 Å². The van der Waals surface area contributed by atoms with Gasteiger partial charge in [-0.05, 0) is 26.4 Å². The zero-order chi connectivity index (χ0) is 11.1. The predicted molar refractivity (Wildman–Crippen MR) is 57.3 cm³/mol. The zero-order valence-corrected chi connectivity index (χ0v) is 9.83. The minimum absolute atomic E-state index is 0.164. The maximum Gasteiger partial charge on any atom is 0.407 e. The number of hydrogen-bond acceptors (Lipinski definition) is 3. The fourth-order valence-electron chi connectivity index (χ4n) is 1.41. The van der Waals surface area contributed by atoms with Crippen LogP contribution in [0.5, 0.6) is 0 Å². The van der Waals surface area contributed by atoms with E-state index in [0.29, 0.717) is 5.92 Å². The molecule has 0 saturated heterocycles. The molecular weight excluding hydrogens is 180 g/mol. The molecule has 0 aliphatic rings. The Labute approximate surface area is 86.6 Å². The van der Waals surface area contributed by atoms with E-state index in [1.54, 1.807) is 0 Å². The lowest BCUT2D eigenvalue weighted by Gasteiger charge is -2.23. The second-order valence-electron chi connectivity index (χ2n) is 4.22. The number of carbonyl (C=O) groups is 1. The van der Waals surface area contributed by atoms with E-state index in [-0.39, 0.29) is 12.1 Å². The molecule has 4 nitrogen and oxygen atoms in total. The van der Waals surface area contributed by atoms with Gasteiger partial charge in [-0.3, -0.25) is 0 Å². The SMILES string of the molecule is COC(=O)NC(CC(C)C)CN(C)C. The maximum atomic E-state index is 11.0. The highest BCUT2D eigenvalue weighted by atomic mass is 16.5. The molecule has 1 unspecified atom stereocenters. The van der Waals surface area contributed by atoms with Crippen LogP contribution in [0.25, 0.3) is 0 Å². The van der Waals surface area contributed by atoms with Gasteiger partial charge in [0.2, 0.25) is 0 Å². The molecule has 1 amide bonds. The monoisotopic (exact) mass is 202 g/mol. The number of likely N-dealkylation sites (N-methyl/N-ethyl adjacent to an activating group) is 1. The fraction of sp³-hybridized carbons (Fsp3) is 0.900. The van der Waals surface area contributed by atoms with Crippen LogP contribution in [-0.2, 0) is 4.74 Å². The summed E-state index contributed by atoms with van der Waals surface area (Å²) in [6, 6.07) is 0.164. The summed E-state index contributed by atoms with van der Waals surface area (Å²) < 4.78 is 4.58. The van der Waals surface area contributed by atoms with Crippen molar-refractivity contribution in [3.05, 3.63) is 0 Å². The van der Waals surface area contributed by atoms with Crippen LogP contribution in [0.2, 0.25) is 0 Å². The van der Waals surface area contributed by atoms with Gasteiger partial charge in [-0.25, -0.2) is 4.79 Å². The van der Waals surface area contributed by atoms with Crippen LogP contribution in [0.4, 0.5) is 4.79 Å². The molecule has 14 heavy (non-hydrogen) atoms. The van der Waals surface area contributed by atoms with E-state index in [2.05, 4.69) is 28.8 Å². The Balaban J connectivity index is 4.03. The number of alkyl carbamates (subject to hydrolysis) is 1. The molecule has 0 aliphatic heterocycles. The number of hydrogen-bond donors (Lipinski definition) is 1. The maximum absolute atomic E-state index is 11.0. The highest BCUT2D eigenvalue weighted by molar-refractivity contribution is 5.67. The summed E-state index contributed by atoms with van der Waals surface area (Å²) in [6.45, 7) is 5.12. The van der Waals surface area contributed by atoms with Gasteiger partial charge in [0.05, 0.1) is 7.11 Å². The molecule has 1 atom stereocenters. The van der Waals surface area contributed by atoms with Crippen molar-refractivity contribution >= 4 is 6.09 Å². The van der Waals surface area contributed by atoms with Gasteiger partial charge in [-0.15, -0.1) is 0 Å². The summed E-state index contributed by atoms with van der Waals surface area (Å²) in [4.78, 5) is 13.1. The first-order chi connectivity index (χ1) is 6.45. The van der Waals surface area contributed by atoms with Crippen LogP contribution in [-0.4, -0.2) is 44.8 Å². The van der Waals surface area contributed by atoms with Gasteiger partial charge in [0.25, 0.3) is 0 Å². The molecule has 0 aliphatic carbocycles. The molecule has 0 saturated carbocycles. The molecule has 0 heterocycles. The van der Waals surface area contributed by atoms with Gasteiger partial charge in [0, 0.05) is 12.6 Å². The topological polar surface area (TPSA) is 41.6 Å². The molecule has 84 valence electrons. The normalized spacial score (nSPS) is 13.1. The van der Waals surface area contributed by atoms with E-state index in [0.717, 1.165) is 13.0 Å². The van der Waals surface area contributed by atoms with E-state index < -0.39 is 0 Å². The summed E-state index contributed by atoms with van der Waals surface area (Å²) in [5.74, 6) is 0.567. The molecular formula is C10H22N2O2. The molecule has 0 rings (SSSR count). The van der Waals surface area contributed by atoms with E-state index in [9.17, 15) is 4.79 Å². The first-order valence-corrected chi connectivity index (χ1v) is 4.95. The molecule has 1 N–H and O–H groups in total. The van der Waals surface area contributed by atoms with Crippen molar-refractivity contribution in [2.75, 3.05) is 27.7 Å². The van der Waals surface area contributed by atoms with Gasteiger partial charge in [-0.2, -0.15) is 0 Å². The van der Waals surface area contributed by atoms with Crippen LogP contribution in [0, 0.1) is 5.92 Å². The van der Waals surface area contributed by atoms with E-state index in [1.807, 2.05) is 14.1 Å². The smallest absolute Gasteiger partial charge is 0.407 e. The van der Waals surface area contributed by atoms with Crippen molar-refractivity contribution in [3.8, 4) is 0 Å². The minimum atomic E-state index is -0.350. The summed E-state index contributed by atoms with van der Waals surface area (Å²) in [5, 5.41) is 2.83. The molecule has 0 aromatic heterocycles. The van der Waals surface area contributed by atoms with E-state index >= 15 is 0 Å².